The van der Waals surface area contributed by atoms with E-state index in [0.717, 1.165) is 5.56 Å². The Morgan fingerprint density at radius 1 is 1.42 bits per heavy atom. The second-order valence-corrected chi connectivity index (χ2v) is 4.27. The van der Waals surface area contributed by atoms with Gasteiger partial charge in [0.2, 0.25) is 5.88 Å². The minimum absolute atomic E-state index is 0.266. The van der Waals surface area contributed by atoms with E-state index in [0.29, 0.717) is 35.1 Å². The summed E-state index contributed by atoms with van der Waals surface area (Å²) in [5.41, 5.74) is 7.44. The number of hydrogen-bond acceptors (Lipinski definition) is 5. The number of methoxy groups -OCH3 is 1. The van der Waals surface area contributed by atoms with E-state index in [1.54, 1.807) is 12.1 Å². The number of carbonyl (C=O) groups is 1. The number of carbonyl (C=O) groups excluding carboxylic acids is 1. The topological polar surface area (TPSA) is 78.1 Å². The van der Waals surface area contributed by atoms with Gasteiger partial charge < -0.3 is 10.5 Å². The predicted molar refractivity (Wildman–Crippen MR) is 72.6 cm³/mol. The summed E-state index contributed by atoms with van der Waals surface area (Å²) in [6.07, 6.45) is 1.03. The molecule has 2 N–H and O–H groups in total. The lowest BCUT2D eigenvalue weighted by Gasteiger charge is -2.07. The van der Waals surface area contributed by atoms with Crippen molar-refractivity contribution in [3.63, 3.8) is 0 Å². The summed E-state index contributed by atoms with van der Waals surface area (Å²) in [6, 6.07) is 6.82. The van der Waals surface area contributed by atoms with E-state index in [1.165, 1.54) is 13.2 Å². The van der Waals surface area contributed by atoms with Crippen molar-refractivity contribution >= 4 is 23.6 Å². The largest absolute Gasteiger partial charge is 0.481 e. The fraction of sp³-hybridized carbons (Fsp3) is 0.154. The van der Waals surface area contributed by atoms with Crippen LogP contribution < -0.4 is 10.5 Å². The van der Waals surface area contributed by atoms with Crippen molar-refractivity contribution in [1.29, 1.82) is 0 Å². The number of para-hydroxylation sites is 1. The van der Waals surface area contributed by atoms with E-state index in [-0.39, 0.29) is 5.69 Å². The number of aromatic nitrogens is 2. The molecule has 5 nitrogen and oxygen atoms in total. The second-order valence-electron chi connectivity index (χ2n) is 3.86. The van der Waals surface area contributed by atoms with Crippen LogP contribution in [0.15, 0.2) is 24.3 Å². The quantitative estimate of drug-likeness (QED) is 0.684. The van der Waals surface area contributed by atoms with E-state index in [4.69, 9.17) is 22.1 Å². The summed E-state index contributed by atoms with van der Waals surface area (Å²) in [5, 5.41) is 0.482. The Morgan fingerprint density at radius 2 is 2.21 bits per heavy atom. The van der Waals surface area contributed by atoms with Crippen LogP contribution in [0.5, 0.6) is 5.88 Å². The molecule has 0 amide bonds. The lowest BCUT2D eigenvalue weighted by atomic mass is 10.1. The number of nitrogens with two attached hydrogens (primary N) is 1. The van der Waals surface area contributed by atoms with Crippen LogP contribution in [0, 0.1) is 0 Å². The van der Waals surface area contributed by atoms with Gasteiger partial charge in [0.15, 0.2) is 6.29 Å². The first-order valence-electron chi connectivity index (χ1n) is 5.54. The molecule has 6 heteroatoms. The molecular formula is C13H12ClN3O2. The van der Waals surface area contributed by atoms with Crippen LogP contribution in [0.4, 0.5) is 5.69 Å². The molecule has 0 fully saturated rings. The van der Waals surface area contributed by atoms with Crippen molar-refractivity contribution < 1.29 is 9.53 Å². The maximum Gasteiger partial charge on any atom is 0.217 e. The number of rotatable bonds is 4. The number of ether oxygens (including phenoxy) is 1. The molecule has 2 rings (SSSR count). The van der Waals surface area contributed by atoms with Gasteiger partial charge in [-0.15, -0.1) is 0 Å². The molecule has 1 heterocycles. The van der Waals surface area contributed by atoms with E-state index in [9.17, 15) is 4.79 Å². The highest BCUT2D eigenvalue weighted by Gasteiger charge is 2.09. The van der Waals surface area contributed by atoms with Gasteiger partial charge in [0.05, 0.1) is 17.8 Å². The van der Waals surface area contributed by atoms with E-state index in [2.05, 4.69) is 9.97 Å². The zero-order valence-corrected chi connectivity index (χ0v) is 11.0. The standard InChI is InChI=1S/C13H12ClN3O2/c1-19-12-6-9(7-18)16-11(17-12)5-8-3-2-4-10(14)13(8)15/h2-4,6-7H,5,15H2,1H3. The van der Waals surface area contributed by atoms with Crippen LogP contribution in [-0.4, -0.2) is 23.4 Å². The normalized spacial score (nSPS) is 10.2. The summed E-state index contributed by atoms with van der Waals surface area (Å²) in [4.78, 5) is 19.1. The fourth-order valence-electron chi connectivity index (χ4n) is 1.64. The summed E-state index contributed by atoms with van der Waals surface area (Å²) in [5.74, 6) is 0.795. The second kappa shape index (κ2) is 5.67. The number of nitrogens with zero attached hydrogens (tertiary/aromatic N) is 2. The molecule has 0 aliphatic rings. The first-order chi connectivity index (χ1) is 9.13. The van der Waals surface area contributed by atoms with Crippen molar-refractivity contribution in [3.05, 3.63) is 46.4 Å². The molecular weight excluding hydrogens is 266 g/mol. The number of hydrogen-bond donors (Lipinski definition) is 1. The summed E-state index contributed by atoms with van der Waals surface area (Å²) >= 11 is 5.95. The molecule has 0 unspecified atom stereocenters. The SMILES string of the molecule is COc1cc(C=O)nc(Cc2cccc(Cl)c2N)n1. The van der Waals surface area contributed by atoms with Crippen molar-refractivity contribution in [1.82, 2.24) is 9.97 Å². The summed E-state index contributed by atoms with van der Waals surface area (Å²) in [6.45, 7) is 0. The molecule has 98 valence electrons. The summed E-state index contributed by atoms with van der Waals surface area (Å²) in [7, 11) is 1.48. The third-order valence-electron chi connectivity index (χ3n) is 2.59. The molecule has 0 aliphatic heterocycles. The number of anilines is 1. The third kappa shape index (κ3) is 3.00. The molecule has 0 bridgehead atoms. The van der Waals surface area contributed by atoms with Crippen LogP contribution in [0.2, 0.25) is 5.02 Å². The molecule has 0 spiro atoms. The van der Waals surface area contributed by atoms with Gasteiger partial charge in [-0.25, -0.2) is 4.98 Å². The Hall–Kier alpha value is -2.14. The third-order valence-corrected chi connectivity index (χ3v) is 2.92. The van der Waals surface area contributed by atoms with Crippen LogP contribution >= 0.6 is 11.6 Å². The summed E-state index contributed by atoms with van der Waals surface area (Å²) < 4.78 is 5.02. The molecule has 0 atom stereocenters. The fourth-order valence-corrected chi connectivity index (χ4v) is 1.84. The van der Waals surface area contributed by atoms with E-state index in [1.807, 2.05) is 6.07 Å². The van der Waals surface area contributed by atoms with Gasteiger partial charge in [0.1, 0.15) is 11.5 Å². The van der Waals surface area contributed by atoms with Crippen molar-refractivity contribution in [2.45, 2.75) is 6.42 Å². The highest BCUT2D eigenvalue weighted by molar-refractivity contribution is 6.33. The number of benzene rings is 1. The Morgan fingerprint density at radius 3 is 2.89 bits per heavy atom. The molecule has 2 aromatic rings. The number of nitrogen functional groups attached to an aromatic ring is 1. The minimum atomic E-state index is 0.266. The molecule has 0 radical (unpaired) electrons. The molecule has 1 aromatic heterocycles. The van der Waals surface area contributed by atoms with E-state index < -0.39 is 0 Å². The Kier molecular flexibility index (Phi) is 3.97. The predicted octanol–water partition coefficient (Wildman–Crippen LogP) is 2.12. The van der Waals surface area contributed by atoms with Crippen LogP contribution in [0.3, 0.4) is 0 Å². The Balaban J connectivity index is 2.37. The first kappa shape index (κ1) is 13.3. The highest BCUT2D eigenvalue weighted by atomic mass is 35.5. The molecule has 1 aromatic carbocycles. The Bertz CT molecular complexity index is 617. The maximum absolute atomic E-state index is 10.8. The van der Waals surface area contributed by atoms with Crippen LogP contribution in [0.1, 0.15) is 21.9 Å². The number of aldehydes is 1. The van der Waals surface area contributed by atoms with Gasteiger partial charge >= 0.3 is 0 Å². The average Bonchev–Trinajstić information content (AvgIpc) is 2.43. The first-order valence-corrected chi connectivity index (χ1v) is 5.92. The zero-order chi connectivity index (χ0) is 13.8. The average molecular weight is 278 g/mol. The molecule has 0 saturated heterocycles. The van der Waals surface area contributed by atoms with Crippen LogP contribution in [-0.2, 0) is 6.42 Å². The van der Waals surface area contributed by atoms with Gasteiger partial charge in [-0.3, -0.25) is 4.79 Å². The molecule has 19 heavy (non-hydrogen) atoms. The maximum atomic E-state index is 10.8. The van der Waals surface area contributed by atoms with Gasteiger partial charge in [0.25, 0.3) is 0 Å². The molecule has 0 aliphatic carbocycles. The smallest absolute Gasteiger partial charge is 0.217 e. The molecule has 0 saturated carbocycles. The zero-order valence-electron chi connectivity index (χ0n) is 10.3. The van der Waals surface area contributed by atoms with Crippen molar-refractivity contribution in [3.8, 4) is 5.88 Å². The number of halogens is 1. The van der Waals surface area contributed by atoms with Crippen molar-refractivity contribution in [2.75, 3.05) is 12.8 Å². The van der Waals surface area contributed by atoms with Gasteiger partial charge in [0, 0.05) is 12.5 Å². The highest BCUT2D eigenvalue weighted by Crippen LogP contribution is 2.24. The van der Waals surface area contributed by atoms with E-state index >= 15 is 0 Å². The van der Waals surface area contributed by atoms with Gasteiger partial charge in [-0.1, -0.05) is 23.7 Å². The lowest BCUT2D eigenvalue weighted by molar-refractivity contribution is 0.111. The van der Waals surface area contributed by atoms with Gasteiger partial charge in [-0.2, -0.15) is 4.98 Å². The van der Waals surface area contributed by atoms with Crippen molar-refractivity contribution in [2.24, 2.45) is 0 Å². The van der Waals surface area contributed by atoms with Crippen LogP contribution in [0.25, 0.3) is 0 Å². The minimum Gasteiger partial charge on any atom is -0.481 e. The Labute approximate surface area is 115 Å². The van der Waals surface area contributed by atoms with Gasteiger partial charge in [-0.05, 0) is 11.6 Å². The monoisotopic (exact) mass is 277 g/mol. The lowest BCUT2D eigenvalue weighted by Crippen LogP contribution is -2.04.